The second-order valence-corrected chi connectivity index (χ2v) is 5.48. The number of methoxy groups -OCH3 is 1. The maximum absolute atomic E-state index is 12.5. The van der Waals surface area contributed by atoms with Crippen LogP contribution >= 0.6 is 11.6 Å². The Labute approximate surface area is 125 Å². The number of benzene rings is 1. The molecule has 2 rings (SSSR count). The largest absolute Gasteiger partial charge is 0.383 e. The molecule has 1 aliphatic rings. The predicted octanol–water partition coefficient (Wildman–Crippen LogP) is 2.18. The molecule has 0 radical (unpaired) electrons. The highest BCUT2D eigenvalue weighted by atomic mass is 35.5. The minimum atomic E-state index is 0.0346. The molecule has 1 amide bonds. The van der Waals surface area contributed by atoms with Gasteiger partial charge in [-0.1, -0.05) is 11.6 Å². The second-order valence-electron chi connectivity index (χ2n) is 5.04. The van der Waals surface area contributed by atoms with E-state index in [-0.39, 0.29) is 5.91 Å². The lowest BCUT2D eigenvalue weighted by atomic mass is 10.1. The molecule has 0 spiro atoms. The Morgan fingerprint density at radius 3 is 2.80 bits per heavy atom. The summed E-state index contributed by atoms with van der Waals surface area (Å²) in [5.41, 5.74) is 0.670. The van der Waals surface area contributed by atoms with E-state index in [2.05, 4.69) is 5.32 Å². The molecule has 0 saturated carbocycles. The van der Waals surface area contributed by atoms with Crippen molar-refractivity contribution in [3.05, 3.63) is 34.9 Å². The Bertz CT molecular complexity index is 430. The summed E-state index contributed by atoms with van der Waals surface area (Å²) in [6.07, 6.45) is 2.30. The van der Waals surface area contributed by atoms with E-state index in [4.69, 9.17) is 16.3 Å². The lowest BCUT2D eigenvalue weighted by Crippen LogP contribution is -2.42. The van der Waals surface area contributed by atoms with Crippen molar-refractivity contribution < 1.29 is 9.53 Å². The van der Waals surface area contributed by atoms with Gasteiger partial charge in [0.05, 0.1) is 6.61 Å². The van der Waals surface area contributed by atoms with Gasteiger partial charge >= 0.3 is 0 Å². The normalized spacial score (nSPS) is 18.2. The van der Waals surface area contributed by atoms with Gasteiger partial charge in [-0.25, -0.2) is 0 Å². The minimum Gasteiger partial charge on any atom is -0.383 e. The van der Waals surface area contributed by atoms with Gasteiger partial charge in [0.25, 0.3) is 5.91 Å². The summed E-state index contributed by atoms with van der Waals surface area (Å²) in [7, 11) is 1.65. The van der Waals surface area contributed by atoms with Crippen molar-refractivity contribution >= 4 is 17.5 Å². The van der Waals surface area contributed by atoms with Crippen LogP contribution in [-0.4, -0.2) is 50.2 Å². The summed E-state index contributed by atoms with van der Waals surface area (Å²) in [5, 5.41) is 4.06. The summed E-state index contributed by atoms with van der Waals surface area (Å²) in [5.74, 6) is 0.0346. The number of halogens is 1. The Morgan fingerprint density at radius 1 is 1.45 bits per heavy atom. The highest BCUT2D eigenvalue weighted by Gasteiger charge is 2.22. The SMILES string of the molecule is COCCN(CC1CCCN1)C(=O)c1ccc(Cl)cc1. The molecule has 5 heteroatoms. The van der Waals surface area contributed by atoms with E-state index in [0.29, 0.717) is 29.8 Å². The lowest BCUT2D eigenvalue weighted by molar-refractivity contribution is 0.0679. The number of hydrogen-bond acceptors (Lipinski definition) is 3. The molecule has 1 saturated heterocycles. The molecule has 1 heterocycles. The van der Waals surface area contributed by atoms with Gasteiger partial charge in [-0.15, -0.1) is 0 Å². The van der Waals surface area contributed by atoms with Crippen LogP contribution in [0, 0.1) is 0 Å². The van der Waals surface area contributed by atoms with E-state index in [1.54, 1.807) is 31.4 Å². The van der Waals surface area contributed by atoms with Crippen molar-refractivity contribution in [2.45, 2.75) is 18.9 Å². The summed E-state index contributed by atoms with van der Waals surface area (Å²) in [4.78, 5) is 14.4. The quantitative estimate of drug-likeness (QED) is 0.875. The van der Waals surface area contributed by atoms with Gasteiger partial charge in [0.1, 0.15) is 0 Å². The fourth-order valence-electron chi connectivity index (χ4n) is 2.43. The van der Waals surface area contributed by atoms with Crippen LogP contribution in [0.3, 0.4) is 0 Å². The van der Waals surface area contributed by atoms with Crippen LogP contribution in [0.2, 0.25) is 5.02 Å². The highest BCUT2D eigenvalue weighted by molar-refractivity contribution is 6.30. The average molecular weight is 297 g/mol. The lowest BCUT2D eigenvalue weighted by Gasteiger charge is -2.25. The Kier molecular flexibility index (Phi) is 5.83. The monoisotopic (exact) mass is 296 g/mol. The first-order valence-corrected chi connectivity index (χ1v) is 7.35. The van der Waals surface area contributed by atoms with Crippen molar-refractivity contribution in [1.29, 1.82) is 0 Å². The van der Waals surface area contributed by atoms with Crippen molar-refractivity contribution in [3.8, 4) is 0 Å². The Balaban J connectivity index is 2.03. The molecule has 110 valence electrons. The summed E-state index contributed by atoms with van der Waals surface area (Å²) < 4.78 is 5.11. The van der Waals surface area contributed by atoms with Crippen LogP contribution in [0.4, 0.5) is 0 Å². The minimum absolute atomic E-state index is 0.0346. The average Bonchev–Trinajstić information content (AvgIpc) is 2.96. The molecule has 1 unspecified atom stereocenters. The fourth-order valence-corrected chi connectivity index (χ4v) is 2.56. The number of rotatable bonds is 6. The highest BCUT2D eigenvalue weighted by Crippen LogP contribution is 2.13. The molecule has 20 heavy (non-hydrogen) atoms. The maximum Gasteiger partial charge on any atom is 0.253 e. The van der Waals surface area contributed by atoms with Gasteiger partial charge in [0.2, 0.25) is 0 Å². The molecular weight excluding hydrogens is 276 g/mol. The molecule has 1 aliphatic heterocycles. The summed E-state index contributed by atoms with van der Waals surface area (Å²) >= 11 is 5.86. The standard InChI is InChI=1S/C15H21ClN2O2/c1-20-10-9-18(11-14-3-2-8-17-14)15(19)12-4-6-13(16)7-5-12/h4-7,14,17H,2-3,8-11H2,1H3. The van der Waals surface area contributed by atoms with Gasteiger partial charge in [0.15, 0.2) is 0 Å². The Morgan fingerprint density at radius 2 is 2.20 bits per heavy atom. The van der Waals surface area contributed by atoms with Gasteiger partial charge in [-0.05, 0) is 43.7 Å². The molecule has 1 aromatic carbocycles. The molecule has 1 fully saturated rings. The molecule has 1 N–H and O–H groups in total. The zero-order valence-electron chi connectivity index (χ0n) is 11.8. The van der Waals surface area contributed by atoms with Crippen LogP contribution < -0.4 is 5.32 Å². The first-order chi connectivity index (χ1) is 9.70. The third-order valence-corrected chi connectivity index (χ3v) is 3.80. The van der Waals surface area contributed by atoms with Crippen molar-refractivity contribution in [1.82, 2.24) is 10.2 Å². The van der Waals surface area contributed by atoms with Gasteiger partial charge in [-0.2, -0.15) is 0 Å². The van der Waals surface area contributed by atoms with Crippen molar-refractivity contribution in [3.63, 3.8) is 0 Å². The number of carbonyl (C=O) groups is 1. The van der Waals surface area contributed by atoms with E-state index < -0.39 is 0 Å². The van der Waals surface area contributed by atoms with Crippen molar-refractivity contribution in [2.24, 2.45) is 0 Å². The fraction of sp³-hybridized carbons (Fsp3) is 0.533. The summed E-state index contributed by atoms with van der Waals surface area (Å²) in [6, 6.07) is 7.43. The zero-order valence-corrected chi connectivity index (χ0v) is 12.5. The molecular formula is C15H21ClN2O2. The van der Waals surface area contributed by atoms with Gasteiger partial charge < -0.3 is 15.0 Å². The van der Waals surface area contributed by atoms with Gasteiger partial charge in [-0.3, -0.25) is 4.79 Å². The summed E-state index contributed by atoms with van der Waals surface area (Å²) in [6.45, 7) is 2.92. The van der Waals surface area contributed by atoms with Crippen LogP contribution in [0.5, 0.6) is 0 Å². The number of amides is 1. The van der Waals surface area contributed by atoms with Crippen LogP contribution in [0.15, 0.2) is 24.3 Å². The number of nitrogens with zero attached hydrogens (tertiary/aromatic N) is 1. The molecule has 1 atom stereocenters. The second kappa shape index (κ2) is 7.62. The van der Waals surface area contributed by atoms with E-state index in [1.807, 2.05) is 4.90 Å². The van der Waals surface area contributed by atoms with Crippen LogP contribution in [-0.2, 0) is 4.74 Å². The molecule has 1 aromatic rings. The topological polar surface area (TPSA) is 41.6 Å². The number of ether oxygens (including phenoxy) is 1. The number of nitrogens with one attached hydrogen (secondary N) is 1. The number of carbonyl (C=O) groups excluding carboxylic acids is 1. The first-order valence-electron chi connectivity index (χ1n) is 6.98. The van der Waals surface area contributed by atoms with Crippen LogP contribution in [0.25, 0.3) is 0 Å². The maximum atomic E-state index is 12.5. The molecule has 0 aromatic heterocycles. The molecule has 0 bridgehead atoms. The third kappa shape index (κ3) is 4.20. The van der Waals surface area contributed by atoms with Crippen molar-refractivity contribution in [2.75, 3.05) is 33.4 Å². The zero-order chi connectivity index (χ0) is 14.4. The van der Waals surface area contributed by atoms with E-state index >= 15 is 0 Å². The van der Waals surface area contributed by atoms with E-state index in [9.17, 15) is 4.79 Å². The number of hydrogen-bond donors (Lipinski definition) is 1. The predicted molar refractivity (Wildman–Crippen MR) is 80.3 cm³/mol. The molecule has 0 aliphatic carbocycles. The third-order valence-electron chi connectivity index (χ3n) is 3.55. The molecule has 4 nitrogen and oxygen atoms in total. The van der Waals surface area contributed by atoms with E-state index in [1.165, 1.54) is 6.42 Å². The Hall–Kier alpha value is -1.10. The first kappa shape index (κ1) is 15.3. The van der Waals surface area contributed by atoms with Gasteiger partial charge in [0, 0.05) is 36.8 Å². The van der Waals surface area contributed by atoms with Crippen LogP contribution in [0.1, 0.15) is 23.2 Å². The smallest absolute Gasteiger partial charge is 0.253 e. The van der Waals surface area contributed by atoms with E-state index in [0.717, 1.165) is 19.5 Å².